The number of carboxylic acid groups (broad SMARTS) is 1. The van der Waals surface area contributed by atoms with Crippen LogP contribution in [-0.2, 0) is 14.3 Å². The Hall–Kier alpha value is -3.35. The van der Waals surface area contributed by atoms with Crippen LogP contribution in [0.15, 0.2) is 48.5 Å². The molecule has 2 aromatic carbocycles. The average Bonchev–Trinajstić information content (AvgIpc) is 3.15. The van der Waals surface area contributed by atoms with E-state index >= 15 is 0 Å². The average molecular weight is 467 g/mol. The molecule has 0 spiro atoms. The molecule has 1 aliphatic rings. The van der Waals surface area contributed by atoms with E-state index in [2.05, 4.69) is 34.9 Å². The molecule has 0 bridgehead atoms. The number of alkyl carbamates (subject to hydrolysis) is 1. The summed E-state index contributed by atoms with van der Waals surface area (Å²) in [5.74, 6) is -1.23. The molecule has 3 rings (SSSR count). The van der Waals surface area contributed by atoms with E-state index in [9.17, 15) is 19.5 Å². The molecule has 0 fully saturated rings. The van der Waals surface area contributed by atoms with Gasteiger partial charge >= 0.3 is 12.1 Å². The molecular formula is C27H34N2O5. The topological polar surface area (TPSA) is 105 Å². The number of nitrogens with one attached hydrogen (secondary N) is 2. The van der Waals surface area contributed by atoms with Crippen molar-refractivity contribution in [3.05, 3.63) is 59.7 Å². The molecule has 2 aromatic rings. The fourth-order valence-corrected chi connectivity index (χ4v) is 4.27. The Labute approximate surface area is 200 Å². The minimum absolute atomic E-state index is 0.0417. The van der Waals surface area contributed by atoms with E-state index in [-0.39, 0.29) is 11.8 Å². The highest BCUT2D eigenvalue weighted by Crippen LogP contribution is 2.44. The van der Waals surface area contributed by atoms with Crippen LogP contribution in [0.5, 0.6) is 0 Å². The first-order valence-electron chi connectivity index (χ1n) is 12.0. The highest BCUT2D eigenvalue weighted by Gasteiger charge is 2.32. The van der Waals surface area contributed by atoms with Gasteiger partial charge in [-0.05, 0) is 48.4 Å². The van der Waals surface area contributed by atoms with Gasteiger partial charge in [0.15, 0.2) is 0 Å². The van der Waals surface area contributed by atoms with Gasteiger partial charge < -0.3 is 20.5 Å². The van der Waals surface area contributed by atoms with Gasteiger partial charge in [0.1, 0.15) is 12.1 Å². The zero-order chi connectivity index (χ0) is 24.6. The maximum atomic E-state index is 12.2. The Morgan fingerprint density at radius 2 is 1.53 bits per heavy atom. The SMILES string of the molecule is CCC(C)(NC(=O)CCCCCCNC(=O)OCC1c2ccccc2-c2ccccc21)C(=O)O. The van der Waals surface area contributed by atoms with Crippen LogP contribution in [0.4, 0.5) is 4.79 Å². The standard InChI is InChI=1S/C27H34N2O5/c1-3-27(2,25(31)32)29-24(30)16-6-4-5-11-17-28-26(33)34-18-23-21-14-9-7-12-19(21)20-13-8-10-15-22(20)23/h7-10,12-15,23H,3-6,11,16-18H2,1-2H3,(H,28,33)(H,29,30)(H,31,32). The van der Waals surface area contributed by atoms with Gasteiger partial charge in [0, 0.05) is 18.9 Å². The molecule has 0 heterocycles. The number of unbranched alkanes of at least 4 members (excludes halogenated alkanes) is 3. The number of carboxylic acids is 1. The number of fused-ring (bicyclic) bond motifs is 3. The summed E-state index contributed by atoms with van der Waals surface area (Å²) in [6, 6.07) is 16.5. The molecule has 0 aromatic heterocycles. The molecule has 0 saturated carbocycles. The normalized spacial score (nSPS) is 13.9. The van der Waals surface area contributed by atoms with Crippen molar-refractivity contribution in [3.63, 3.8) is 0 Å². The number of aliphatic carboxylic acids is 1. The first-order chi connectivity index (χ1) is 16.4. The van der Waals surface area contributed by atoms with Gasteiger partial charge in [-0.15, -0.1) is 0 Å². The molecule has 182 valence electrons. The Bertz CT molecular complexity index is 976. The smallest absolute Gasteiger partial charge is 0.407 e. The maximum absolute atomic E-state index is 12.2. The summed E-state index contributed by atoms with van der Waals surface area (Å²) in [4.78, 5) is 35.4. The van der Waals surface area contributed by atoms with Crippen LogP contribution in [0.1, 0.15) is 69.4 Å². The number of hydrogen-bond donors (Lipinski definition) is 3. The lowest BCUT2D eigenvalue weighted by Crippen LogP contribution is -2.51. The van der Waals surface area contributed by atoms with Crippen LogP contribution in [0.3, 0.4) is 0 Å². The van der Waals surface area contributed by atoms with Gasteiger partial charge in [-0.1, -0.05) is 68.3 Å². The lowest BCUT2D eigenvalue weighted by molar-refractivity contribution is -0.147. The van der Waals surface area contributed by atoms with Gasteiger partial charge in [0.2, 0.25) is 5.91 Å². The molecule has 34 heavy (non-hydrogen) atoms. The monoisotopic (exact) mass is 466 g/mol. The Morgan fingerprint density at radius 1 is 0.941 bits per heavy atom. The third kappa shape index (κ3) is 6.16. The molecule has 1 aliphatic carbocycles. The van der Waals surface area contributed by atoms with E-state index in [4.69, 9.17) is 4.74 Å². The summed E-state index contributed by atoms with van der Waals surface area (Å²) in [5, 5.41) is 14.6. The Balaban J connectivity index is 1.31. The summed E-state index contributed by atoms with van der Waals surface area (Å²) in [6.07, 6.45) is 3.35. The van der Waals surface area contributed by atoms with Crippen LogP contribution < -0.4 is 10.6 Å². The van der Waals surface area contributed by atoms with Crippen LogP contribution in [0.2, 0.25) is 0 Å². The molecule has 0 saturated heterocycles. The maximum Gasteiger partial charge on any atom is 0.407 e. The molecule has 7 heteroatoms. The second-order valence-corrected chi connectivity index (χ2v) is 8.96. The van der Waals surface area contributed by atoms with E-state index in [0.29, 0.717) is 32.4 Å². The lowest BCUT2D eigenvalue weighted by atomic mass is 9.98. The number of rotatable bonds is 12. The largest absolute Gasteiger partial charge is 0.480 e. The minimum Gasteiger partial charge on any atom is -0.480 e. The summed E-state index contributed by atoms with van der Waals surface area (Å²) in [6.45, 7) is 4.05. The van der Waals surface area contributed by atoms with E-state index in [1.807, 2.05) is 24.3 Å². The van der Waals surface area contributed by atoms with Gasteiger partial charge in [-0.25, -0.2) is 9.59 Å². The van der Waals surface area contributed by atoms with Crippen molar-refractivity contribution >= 4 is 18.0 Å². The zero-order valence-corrected chi connectivity index (χ0v) is 19.9. The molecule has 7 nitrogen and oxygen atoms in total. The Kier molecular flexibility index (Phi) is 8.68. The molecule has 3 N–H and O–H groups in total. The lowest BCUT2D eigenvalue weighted by Gasteiger charge is -2.24. The van der Waals surface area contributed by atoms with Crippen molar-refractivity contribution < 1.29 is 24.2 Å². The van der Waals surface area contributed by atoms with Crippen molar-refractivity contribution in [1.82, 2.24) is 10.6 Å². The molecular weight excluding hydrogens is 432 g/mol. The van der Waals surface area contributed by atoms with Crippen molar-refractivity contribution in [2.24, 2.45) is 0 Å². The second kappa shape index (κ2) is 11.7. The first kappa shape index (κ1) is 25.3. The van der Waals surface area contributed by atoms with Crippen LogP contribution in [0, 0.1) is 0 Å². The van der Waals surface area contributed by atoms with Crippen molar-refractivity contribution in [2.45, 2.75) is 63.8 Å². The van der Waals surface area contributed by atoms with Gasteiger partial charge in [0.25, 0.3) is 0 Å². The summed E-state index contributed by atoms with van der Waals surface area (Å²) in [5.41, 5.74) is 3.54. The van der Waals surface area contributed by atoms with E-state index in [1.54, 1.807) is 6.92 Å². The number of amides is 2. The molecule has 1 atom stereocenters. The highest BCUT2D eigenvalue weighted by molar-refractivity contribution is 5.86. The Morgan fingerprint density at radius 3 is 2.12 bits per heavy atom. The summed E-state index contributed by atoms with van der Waals surface area (Å²) < 4.78 is 5.52. The first-order valence-corrected chi connectivity index (χ1v) is 12.0. The second-order valence-electron chi connectivity index (χ2n) is 8.96. The molecule has 0 radical (unpaired) electrons. The fraction of sp³-hybridized carbons (Fsp3) is 0.444. The van der Waals surface area contributed by atoms with E-state index < -0.39 is 17.6 Å². The summed E-state index contributed by atoms with van der Waals surface area (Å²) >= 11 is 0. The van der Waals surface area contributed by atoms with E-state index in [0.717, 1.165) is 19.3 Å². The van der Waals surface area contributed by atoms with Crippen LogP contribution in [-0.4, -0.2) is 41.8 Å². The van der Waals surface area contributed by atoms with Crippen molar-refractivity contribution in [2.75, 3.05) is 13.2 Å². The third-order valence-electron chi connectivity index (χ3n) is 6.54. The zero-order valence-electron chi connectivity index (χ0n) is 19.9. The molecule has 0 aliphatic heterocycles. The highest BCUT2D eigenvalue weighted by atomic mass is 16.5. The molecule has 2 amide bonds. The number of hydrogen-bond acceptors (Lipinski definition) is 4. The number of carbonyl (C=O) groups is 3. The third-order valence-corrected chi connectivity index (χ3v) is 6.54. The number of carbonyl (C=O) groups excluding carboxylic acids is 2. The van der Waals surface area contributed by atoms with Crippen molar-refractivity contribution in [1.29, 1.82) is 0 Å². The quantitative estimate of drug-likeness (QED) is 0.388. The molecule has 1 unspecified atom stereocenters. The predicted molar refractivity (Wildman–Crippen MR) is 131 cm³/mol. The predicted octanol–water partition coefficient (Wildman–Crippen LogP) is 4.85. The van der Waals surface area contributed by atoms with Crippen LogP contribution >= 0.6 is 0 Å². The summed E-state index contributed by atoms with van der Waals surface area (Å²) in [7, 11) is 0. The van der Waals surface area contributed by atoms with Crippen molar-refractivity contribution in [3.8, 4) is 11.1 Å². The fourth-order valence-electron chi connectivity index (χ4n) is 4.27. The van der Waals surface area contributed by atoms with Gasteiger partial charge in [-0.2, -0.15) is 0 Å². The number of ether oxygens (including phenoxy) is 1. The van der Waals surface area contributed by atoms with Gasteiger partial charge in [-0.3, -0.25) is 4.79 Å². The van der Waals surface area contributed by atoms with Gasteiger partial charge in [0.05, 0.1) is 0 Å². The minimum atomic E-state index is -1.22. The van der Waals surface area contributed by atoms with E-state index in [1.165, 1.54) is 29.2 Å². The van der Waals surface area contributed by atoms with Crippen LogP contribution in [0.25, 0.3) is 11.1 Å². The number of benzene rings is 2.